The standard InChI is InChI=1S/C16H15N/c1-16-13-8-4-2-6-11(13)10-15(17-16)12-7-3-5-9-14(12)16/h2-5,7-10,15,17H,6H2,1H3. The molecule has 0 radical (unpaired) electrons. The second kappa shape index (κ2) is 2.99. The summed E-state index contributed by atoms with van der Waals surface area (Å²) in [5, 5.41) is 3.75. The lowest BCUT2D eigenvalue weighted by atomic mass is 9.78. The number of rotatable bonds is 0. The molecule has 1 aliphatic carbocycles. The van der Waals surface area contributed by atoms with E-state index >= 15 is 0 Å². The molecule has 1 heteroatoms. The molecular weight excluding hydrogens is 206 g/mol. The second-order valence-electron chi connectivity index (χ2n) is 5.24. The summed E-state index contributed by atoms with van der Waals surface area (Å²) in [6.07, 6.45) is 10.2. The molecule has 1 aromatic carbocycles. The maximum absolute atomic E-state index is 3.75. The molecule has 0 amide bonds. The van der Waals surface area contributed by atoms with Crippen molar-refractivity contribution in [2.45, 2.75) is 24.9 Å². The summed E-state index contributed by atoms with van der Waals surface area (Å²) in [5.74, 6) is 0. The lowest BCUT2D eigenvalue weighted by Crippen LogP contribution is -2.40. The van der Waals surface area contributed by atoms with Crippen LogP contribution >= 0.6 is 0 Å². The summed E-state index contributed by atoms with van der Waals surface area (Å²) in [6, 6.07) is 9.19. The minimum absolute atomic E-state index is 0.0100. The van der Waals surface area contributed by atoms with E-state index in [0.717, 1.165) is 6.42 Å². The van der Waals surface area contributed by atoms with Crippen molar-refractivity contribution in [3.63, 3.8) is 0 Å². The van der Waals surface area contributed by atoms with Crippen molar-refractivity contribution < 1.29 is 0 Å². The highest BCUT2D eigenvalue weighted by molar-refractivity contribution is 5.60. The molecular formula is C16H15N. The third-order valence-corrected chi connectivity index (χ3v) is 4.27. The molecule has 2 unspecified atom stereocenters. The molecule has 0 aromatic heterocycles. The Morgan fingerprint density at radius 1 is 1.29 bits per heavy atom. The predicted molar refractivity (Wildman–Crippen MR) is 69.6 cm³/mol. The van der Waals surface area contributed by atoms with E-state index in [1.54, 1.807) is 0 Å². The van der Waals surface area contributed by atoms with Gasteiger partial charge in [0.2, 0.25) is 0 Å². The second-order valence-corrected chi connectivity index (χ2v) is 5.24. The maximum atomic E-state index is 3.75. The minimum Gasteiger partial charge on any atom is -0.294 e. The van der Waals surface area contributed by atoms with Crippen LogP contribution in [0.5, 0.6) is 0 Å². The Hall–Kier alpha value is -1.60. The number of hydrogen-bond acceptors (Lipinski definition) is 1. The van der Waals surface area contributed by atoms with Gasteiger partial charge in [0.15, 0.2) is 0 Å². The van der Waals surface area contributed by atoms with Crippen LogP contribution in [-0.4, -0.2) is 0 Å². The van der Waals surface area contributed by atoms with Crippen molar-refractivity contribution >= 4 is 0 Å². The van der Waals surface area contributed by atoms with Crippen LogP contribution in [0.1, 0.15) is 30.5 Å². The third-order valence-electron chi connectivity index (χ3n) is 4.27. The molecule has 2 aliphatic heterocycles. The van der Waals surface area contributed by atoms with Gasteiger partial charge in [-0.1, -0.05) is 48.6 Å². The highest BCUT2D eigenvalue weighted by Crippen LogP contribution is 2.50. The summed E-state index contributed by atoms with van der Waals surface area (Å²) in [4.78, 5) is 0. The SMILES string of the molecule is CC12NC(C=C3CC=CC=C31)c1ccccc12. The van der Waals surface area contributed by atoms with Gasteiger partial charge in [0.25, 0.3) is 0 Å². The van der Waals surface area contributed by atoms with Gasteiger partial charge in [0.1, 0.15) is 0 Å². The third kappa shape index (κ3) is 1.07. The van der Waals surface area contributed by atoms with Gasteiger partial charge in [0.05, 0.1) is 11.6 Å². The van der Waals surface area contributed by atoms with Gasteiger partial charge in [-0.05, 0) is 35.6 Å². The summed E-state index contributed by atoms with van der Waals surface area (Å²) in [7, 11) is 0. The zero-order valence-corrected chi connectivity index (χ0v) is 9.90. The largest absolute Gasteiger partial charge is 0.294 e. The fourth-order valence-corrected chi connectivity index (χ4v) is 3.47. The van der Waals surface area contributed by atoms with E-state index in [-0.39, 0.29) is 5.54 Å². The Bertz CT molecular complexity index is 591. The van der Waals surface area contributed by atoms with Gasteiger partial charge in [-0.2, -0.15) is 0 Å². The Labute approximate surface area is 102 Å². The molecule has 2 atom stereocenters. The van der Waals surface area contributed by atoms with Gasteiger partial charge >= 0.3 is 0 Å². The Morgan fingerprint density at radius 2 is 2.18 bits per heavy atom. The monoisotopic (exact) mass is 221 g/mol. The summed E-state index contributed by atoms with van der Waals surface area (Å²) in [6.45, 7) is 2.31. The molecule has 2 heterocycles. The Kier molecular flexibility index (Phi) is 1.66. The molecule has 3 aliphatic rings. The van der Waals surface area contributed by atoms with Crippen LogP contribution in [0.15, 0.2) is 59.7 Å². The van der Waals surface area contributed by atoms with Crippen molar-refractivity contribution in [2.75, 3.05) is 0 Å². The lowest BCUT2D eigenvalue weighted by molar-refractivity contribution is 0.431. The molecule has 1 N–H and O–H groups in total. The average molecular weight is 221 g/mol. The fourth-order valence-electron chi connectivity index (χ4n) is 3.47. The van der Waals surface area contributed by atoms with Crippen LogP contribution in [0.3, 0.4) is 0 Å². The number of allylic oxidation sites excluding steroid dienone is 3. The van der Waals surface area contributed by atoms with E-state index in [4.69, 9.17) is 0 Å². The normalized spacial score (nSPS) is 32.6. The van der Waals surface area contributed by atoms with Gasteiger partial charge < -0.3 is 0 Å². The van der Waals surface area contributed by atoms with Gasteiger partial charge in [-0.15, -0.1) is 0 Å². The summed E-state index contributed by atoms with van der Waals surface area (Å²) in [5.41, 5.74) is 5.84. The van der Waals surface area contributed by atoms with Crippen molar-refractivity contribution in [3.05, 3.63) is 70.8 Å². The summed E-state index contributed by atoms with van der Waals surface area (Å²) >= 11 is 0. The molecule has 17 heavy (non-hydrogen) atoms. The maximum Gasteiger partial charge on any atom is 0.0675 e. The van der Waals surface area contributed by atoms with E-state index in [1.165, 1.54) is 22.3 Å². The lowest BCUT2D eigenvalue weighted by Gasteiger charge is -2.36. The Balaban J connectivity index is 2.03. The molecule has 4 rings (SSSR count). The molecule has 1 nitrogen and oxygen atoms in total. The van der Waals surface area contributed by atoms with Crippen LogP contribution in [0.4, 0.5) is 0 Å². The van der Waals surface area contributed by atoms with Crippen LogP contribution in [0.2, 0.25) is 0 Å². The number of hydrogen-bond donors (Lipinski definition) is 1. The topological polar surface area (TPSA) is 12.0 Å². The molecule has 2 bridgehead atoms. The van der Waals surface area contributed by atoms with Crippen LogP contribution in [0, 0.1) is 0 Å². The summed E-state index contributed by atoms with van der Waals surface area (Å²) < 4.78 is 0. The number of benzene rings is 1. The first kappa shape index (κ1) is 9.43. The van der Waals surface area contributed by atoms with Crippen molar-refractivity contribution in [2.24, 2.45) is 0 Å². The van der Waals surface area contributed by atoms with Crippen LogP contribution in [0.25, 0.3) is 0 Å². The van der Waals surface area contributed by atoms with Gasteiger partial charge in [-0.3, -0.25) is 5.32 Å². The predicted octanol–water partition coefficient (Wildman–Crippen LogP) is 3.37. The average Bonchev–Trinajstić information content (AvgIpc) is 2.61. The molecule has 1 aromatic rings. The number of nitrogens with one attached hydrogen (secondary N) is 1. The highest BCUT2D eigenvalue weighted by atomic mass is 15.0. The van der Waals surface area contributed by atoms with Gasteiger partial charge in [0, 0.05) is 0 Å². The van der Waals surface area contributed by atoms with E-state index in [0.29, 0.717) is 6.04 Å². The quantitative estimate of drug-likeness (QED) is 0.708. The number of fused-ring (bicyclic) bond motifs is 7. The first-order valence-corrected chi connectivity index (χ1v) is 6.24. The minimum atomic E-state index is 0.0100. The van der Waals surface area contributed by atoms with Crippen molar-refractivity contribution in [1.29, 1.82) is 0 Å². The van der Waals surface area contributed by atoms with Gasteiger partial charge in [-0.25, -0.2) is 0 Å². The van der Waals surface area contributed by atoms with E-state index in [2.05, 4.69) is 60.8 Å². The van der Waals surface area contributed by atoms with Crippen LogP contribution in [-0.2, 0) is 5.54 Å². The smallest absolute Gasteiger partial charge is 0.0675 e. The zero-order chi connectivity index (χ0) is 11.5. The zero-order valence-electron chi connectivity index (χ0n) is 9.90. The van der Waals surface area contributed by atoms with E-state index in [1.807, 2.05) is 0 Å². The van der Waals surface area contributed by atoms with Crippen molar-refractivity contribution in [3.8, 4) is 0 Å². The first-order valence-electron chi connectivity index (χ1n) is 6.24. The van der Waals surface area contributed by atoms with Crippen molar-refractivity contribution in [1.82, 2.24) is 5.32 Å². The fraction of sp³-hybridized carbons (Fsp3) is 0.250. The molecule has 0 spiro atoms. The first-order chi connectivity index (χ1) is 8.29. The molecule has 0 fully saturated rings. The van der Waals surface area contributed by atoms with E-state index in [9.17, 15) is 0 Å². The van der Waals surface area contributed by atoms with Crippen LogP contribution < -0.4 is 5.32 Å². The highest BCUT2D eigenvalue weighted by Gasteiger charge is 2.45. The molecule has 84 valence electrons. The van der Waals surface area contributed by atoms with E-state index < -0.39 is 0 Å². The molecule has 0 saturated heterocycles. The molecule has 0 saturated carbocycles. The Morgan fingerprint density at radius 3 is 3.12 bits per heavy atom.